The molecule has 1 aromatic heterocycles. The van der Waals surface area contributed by atoms with Gasteiger partial charge < -0.3 is 5.32 Å². The first-order valence-corrected chi connectivity index (χ1v) is 5.36. The van der Waals surface area contributed by atoms with E-state index in [-0.39, 0.29) is 0 Å². The zero-order valence-electron chi connectivity index (χ0n) is 8.20. The zero-order chi connectivity index (χ0) is 9.97. The molecule has 76 valence electrons. The fraction of sp³-hybridized carbons (Fsp3) is 0.600. The van der Waals surface area contributed by atoms with Crippen molar-refractivity contribution in [2.75, 3.05) is 5.32 Å². The third-order valence-corrected chi connectivity index (χ3v) is 2.89. The minimum atomic E-state index is 0.494. The number of nitrogens with one attached hydrogen (secondary N) is 1. The molecular weight excluding hydrogens is 198 g/mol. The molecule has 0 amide bonds. The van der Waals surface area contributed by atoms with Crippen LogP contribution < -0.4 is 5.32 Å². The van der Waals surface area contributed by atoms with Crippen LogP contribution in [-0.2, 0) is 0 Å². The minimum absolute atomic E-state index is 0.494. The summed E-state index contributed by atoms with van der Waals surface area (Å²) in [5.74, 6) is 1.66. The largest absolute Gasteiger partial charge is 0.367 e. The van der Waals surface area contributed by atoms with Gasteiger partial charge in [0.05, 0.1) is 0 Å². The van der Waals surface area contributed by atoms with Gasteiger partial charge in [-0.2, -0.15) is 0 Å². The molecule has 1 heterocycles. The molecule has 1 aromatic rings. The summed E-state index contributed by atoms with van der Waals surface area (Å²) in [6.45, 7) is 2.29. The lowest BCUT2D eigenvalue weighted by atomic mass is 10.1. The van der Waals surface area contributed by atoms with E-state index in [4.69, 9.17) is 11.6 Å². The maximum absolute atomic E-state index is 5.77. The average molecular weight is 212 g/mol. The first-order chi connectivity index (χ1) is 6.74. The molecule has 1 aliphatic carbocycles. The number of halogens is 1. The van der Waals surface area contributed by atoms with E-state index in [1.165, 1.54) is 25.6 Å². The first-order valence-electron chi connectivity index (χ1n) is 4.98. The van der Waals surface area contributed by atoms with Gasteiger partial charge >= 0.3 is 0 Å². The van der Waals surface area contributed by atoms with Gasteiger partial charge in [-0.3, -0.25) is 0 Å². The highest BCUT2D eigenvalue weighted by Crippen LogP contribution is 2.27. The summed E-state index contributed by atoms with van der Waals surface area (Å²) >= 11 is 5.77. The van der Waals surface area contributed by atoms with Crippen LogP contribution >= 0.6 is 11.6 Å². The Balaban J connectivity index is 1.97. The van der Waals surface area contributed by atoms with Gasteiger partial charge in [0.15, 0.2) is 0 Å². The molecule has 1 N–H and O–H groups in total. The standard InChI is InChI=1S/C10H14ClN3/c1-7-2-3-8(4-7)14-10-5-9(11)12-6-13-10/h5-8H,2-4H2,1H3,(H,12,13,14). The molecule has 1 saturated carbocycles. The lowest BCUT2D eigenvalue weighted by Crippen LogP contribution is -2.16. The summed E-state index contributed by atoms with van der Waals surface area (Å²) in [5.41, 5.74) is 0. The maximum atomic E-state index is 5.77. The molecule has 3 nitrogen and oxygen atoms in total. The van der Waals surface area contributed by atoms with E-state index in [1.807, 2.05) is 0 Å². The molecule has 2 unspecified atom stereocenters. The molecule has 1 aliphatic rings. The molecule has 0 saturated heterocycles. The van der Waals surface area contributed by atoms with Gasteiger partial charge in [-0.1, -0.05) is 18.5 Å². The Hall–Kier alpha value is -0.830. The van der Waals surface area contributed by atoms with Crippen molar-refractivity contribution in [2.24, 2.45) is 5.92 Å². The molecule has 0 bridgehead atoms. The van der Waals surface area contributed by atoms with Gasteiger partial charge in [-0.15, -0.1) is 0 Å². The molecule has 14 heavy (non-hydrogen) atoms. The first kappa shape index (κ1) is 9.71. The smallest absolute Gasteiger partial charge is 0.134 e. The van der Waals surface area contributed by atoms with E-state index in [0.29, 0.717) is 11.2 Å². The van der Waals surface area contributed by atoms with Gasteiger partial charge in [0, 0.05) is 12.1 Å². The number of aromatic nitrogens is 2. The van der Waals surface area contributed by atoms with Crippen LogP contribution in [0.4, 0.5) is 5.82 Å². The highest BCUT2D eigenvalue weighted by Gasteiger charge is 2.21. The van der Waals surface area contributed by atoms with E-state index in [1.54, 1.807) is 6.07 Å². The number of rotatable bonds is 2. The minimum Gasteiger partial charge on any atom is -0.367 e. The molecule has 2 atom stereocenters. The van der Waals surface area contributed by atoms with Crippen LogP contribution in [0.1, 0.15) is 26.2 Å². The van der Waals surface area contributed by atoms with Crippen LogP contribution in [0.2, 0.25) is 5.15 Å². The highest BCUT2D eigenvalue weighted by atomic mass is 35.5. The van der Waals surface area contributed by atoms with Crippen molar-refractivity contribution in [3.8, 4) is 0 Å². The van der Waals surface area contributed by atoms with Crippen molar-refractivity contribution in [1.29, 1.82) is 0 Å². The third-order valence-electron chi connectivity index (χ3n) is 2.68. The lowest BCUT2D eigenvalue weighted by Gasteiger charge is -2.12. The summed E-state index contributed by atoms with van der Waals surface area (Å²) in [4.78, 5) is 7.97. The normalized spacial score (nSPS) is 26.4. The van der Waals surface area contributed by atoms with Gasteiger partial charge in [-0.05, 0) is 25.2 Å². The Morgan fingerprint density at radius 3 is 2.93 bits per heavy atom. The number of anilines is 1. The predicted octanol–water partition coefficient (Wildman–Crippen LogP) is 2.73. The molecule has 4 heteroatoms. The fourth-order valence-corrected chi connectivity index (χ4v) is 2.11. The van der Waals surface area contributed by atoms with E-state index in [0.717, 1.165) is 11.7 Å². The maximum Gasteiger partial charge on any atom is 0.134 e. The number of nitrogens with zero attached hydrogens (tertiary/aromatic N) is 2. The fourth-order valence-electron chi connectivity index (χ4n) is 1.96. The molecular formula is C10H14ClN3. The predicted molar refractivity (Wildman–Crippen MR) is 57.5 cm³/mol. The average Bonchev–Trinajstić information content (AvgIpc) is 2.51. The lowest BCUT2D eigenvalue weighted by molar-refractivity contribution is 0.602. The topological polar surface area (TPSA) is 37.8 Å². The molecule has 0 aliphatic heterocycles. The Morgan fingerprint density at radius 2 is 2.29 bits per heavy atom. The molecule has 1 fully saturated rings. The number of hydrogen-bond donors (Lipinski definition) is 1. The molecule has 0 radical (unpaired) electrons. The summed E-state index contributed by atoms with van der Waals surface area (Å²) in [6.07, 6.45) is 5.24. The van der Waals surface area contributed by atoms with Crippen LogP contribution in [0.15, 0.2) is 12.4 Å². The second-order valence-electron chi connectivity index (χ2n) is 3.99. The van der Waals surface area contributed by atoms with Gasteiger partial charge in [0.25, 0.3) is 0 Å². The monoisotopic (exact) mass is 211 g/mol. The summed E-state index contributed by atoms with van der Waals surface area (Å²) < 4.78 is 0. The number of hydrogen-bond acceptors (Lipinski definition) is 3. The zero-order valence-corrected chi connectivity index (χ0v) is 8.96. The molecule has 0 aromatic carbocycles. The SMILES string of the molecule is CC1CCC(Nc2cc(Cl)ncn2)C1. The van der Waals surface area contributed by atoms with E-state index in [2.05, 4.69) is 22.2 Å². The van der Waals surface area contributed by atoms with E-state index >= 15 is 0 Å². The van der Waals surface area contributed by atoms with Crippen LogP contribution in [0.3, 0.4) is 0 Å². The highest BCUT2D eigenvalue weighted by molar-refractivity contribution is 6.29. The van der Waals surface area contributed by atoms with Gasteiger partial charge in [0.2, 0.25) is 0 Å². The Labute approximate surface area is 88.9 Å². The Bertz CT molecular complexity index is 316. The summed E-state index contributed by atoms with van der Waals surface area (Å²) in [6, 6.07) is 2.32. The third kappa shape index (κ3) is 2.35. The van der Waals surface area contributed by atoms with Crippen LogP contribution in [0.5, 0.6) is 0 Å². The summed E-state index contributed by atoms with van der Waals surface area (Å²) in [7, 11) is 0. The van der Waals surface area contributed by atoms with Crippen molar-refractivity contribution in [3.05, 3.63) is 17.5 Å². The van der Waals surface area contributed by atoms with Crippen molar-refractivity contribution >= 4 is 17.4 Å². The Morgan fingerprint density at radius 1 is 1.43 bits per heavy atom. The van der Waals surface area contributed by atoms with Gasteiger partial charge in [-0.25, -0.2) is 9.97 Å². The van der Waals surface area contributed by atoms with Gasteiger partial charge in [0.1, 0.15) is 17.3 Å². The van der Waals surface area contributed by atoms with Crippen molar-refractivity contribution in [3.63, 3.8) is 0 Å². The second kappa shape index (κ2) is 4.13. The van der Waals surface area contributed by atoms with Crippen LogP contribution in [0.25, 0.3) is 0 Å². The summed E-state index contributed by atoms with van der Waals surface area (Å²) in [5, 5.41) is 3.87. The Kier molecular flexibility index (Phi) is 2.87. The van der Waals surface area contributed by atoms with Crippen LogP contribution in [-0.4, -0.2) is 16.0 Å². The second-order valence-corrected chi connectivity index (χ2v) is 4.37. The quantitative estimate of drug-likeness (QED) is 0.765. The van der Waals surface area contributed by atoms with Crippen LogP contribution in [0, 0.1) is 5.92 Å². The molecule has 0 spiro atoms. The molecule has 2 rings (SSSR count). The van der Waals surface area contributed by atoms with Crippen molar-refractivity contribution in [1.82, 2.24) is 9.97 Å². The van der Waals surface area contributed by atoms with E-state index < -0.39 is 0 Å². The van der Waals surface area contributed by atoms with Crippen molar-refractivity contribution < 1.29 is 0 Å². The van der Waals surface area contributed by atoms with E-state index in [9.17, 15) is 0 Å². The van der Waals surface area contributed by atoms with Crippen molar-refractivity contribution in [2.45, 2.75) is 32.2 Å².